The molecule has 2 aliphatic rings. The molecule has 4 N–H and O–H groups in total. The standard InChI is InChI=1S/C18H23N7O/c1-12-17-23-16(13(9-19)10-25(17)24-18(12,2)20)21-8-7-14-5-4-6-15(22-14)11-26-3/h4-6,10,24H,7-8,11,20H2,1-3H3,(H,21,23). The number of pyridine rings is 1. The lowest BCUT2D eigenvalue weighted by molar-refractivity contribution is 0.181. The molecule has 0 saturated heterocycles. The molecule has 1 aromatic rings. The van der Waals surface area contributed by atoms with E-state index in [1.54, 1.807) is 18.3 Å². The smallest absolute Gasteiger partial charge is 0.146 e. The van der Waals surface area contributed by atoms with E-state index in [-0.39, 0.29) is 0 Å². The first-order chi connectivity index (χ1) is 12.4. The van der Waals surface area contributed by atoms with Gasteiger partial charge in [-0.25, -0.2) is 5.43 Å². The minimum Gasteiger partial charge on any atom is -0.378 e. The van der Waals surface area contributed by atoms with Gasteiger partial charge in [-0.2, -0.15) is 5.26 Å². The third kappa shape index (κ3) is 3.60. The van der Waals surface area contributed by atoms with Crippen LogP contribution in [0.1, 0.15) is 25.2 Å². The minimum absolute atomic E-state index is 0.452. The highest BCUT2D eigenvalue weighted by atomic mass is 16.5. The second-order valence-electron chi connectivity index (χ2n) is 6.47. The van der Waals surface area contributed by atoms with E-state index >= 15 is 0 Å². The summed E-state index contributed by atoms with van der Waals surface area (Å²) >= 11 is 0. The van der Waals surface area contributed by atoms with Crippen LogP contribution < -0.4 is 16.5 Å². The predicted molar refractivity (Wildman–Crippen MR) is 98.1 cm³/mol. The van der Waals surface area contributed by atoms with Gasteiger partial charge in [-0.3, -0.25) is 15.0 Å². The van der Waals surface area contributed by atoms with Crippen LogP contribution in [0.5, 0.6) is 0 Å². The number of amidine groups is 1. The van der Waals surface area contributed by atoms with Crippen molar-refractivity contribution in [1.82, 2.24) is 20.7 Å². The Morgan fingerprint density at radius 2 is 2.19 bits per heavy atom. The molecule has 0 amide bonds. The minimum atomic E-state index is -0.666. The Morgan fingerprint density at radius 1 is 1.42 bits per heavy atom. The van der Waals surface area contributed by atoms with E-state index in [2.05, 4.69) is 26.8 Å². The van der Waals surface area contributed by atoms with Gasteiger partial charge in [0.05, 0.1) is 12.3 Å². The van der Waals surface area contributed by atoms with Crippen molar-refractivity contribution < 1.29 is 4.74 Å². The molecular weight excluding hydrogens is 330 g/mol. The second kappa shape index (κ2) is 7.25. The Hall–Kier alpha value is -2.73. The molecule has 0 saturated carbocycles. The first-order valence-electron chi connectivity index (χ1n) is 8.39. The summed E-state index contributed by atoms with van der Waals surface area (Å²) < 4.78 is 5.11. The van der Waals surface area contributed by atoms with E-state index in [1.165, 1.54) is 0 Å². The summed E-state index contributed by atoms with van der Waals surface area (Å²) in [5.41, 5.74) is 11.9. The first kappa shape index (κ1) is 18.1. The van der Waals surface area contributed by atoms with Crippen molar-refractivity contribution in [3.63, 3.8) is 0 Å². The molecule has 1 atom stereocenters. The molecule has 8 nitrogen and oxygen atoms in total. The number of fused-ring (bicyclic) bond motifs is 1. The van der Waals surface area contributed by atoms with E-state index in [4.69, 9.17) is 10.5 Å². The molecule has 0 aliphatic carbocycles. The number of hydrazine groups is 1. The van der Waals surface area contributed by atoms with Gasteiger partial charge >= 0.3 is 0 Å². The number of nitrogens with two attached hydrogens (primary N) is 1. The average molecular weight is 353 g/mol. The summed E-state index contributed by atoms with van der Waals surface area (Å²) in [4.78, 5) is 9.09. The molecule has 0 radical (unpaired) electrons. The zero-order valence-electron chi connectivity index (χ0n) is 15.2. The summed E-state index contributed by atoms with van der Waals surface area (Å²) in [5, 5.41) is 14.4. The van der Waals surface area contributed by atoms with Crippen LogP contribution in [0.25, 0.3) is 0 Å². The van der Waals surface area contributed by atoms with Gasteiger partial charge < -0.3 is 15.8 Å². The number of methoxy groups -OCH3 is 1. The maximum atomic E-state index is 9.42. The fourth-order valence-corrected chi connectivity index (χ4v) is 2.82. The van der Waals surface area contributed by atoms with Crippen LogP contribution in [0.15, 0.2) is 46.4 Å². The molecule has 1 unspecified atom stereocenters. The molecule has 2 aliphatic heterocycles. The van der Waals surface area contributed by atoms with Crippen molar-refractivity contribution in [3.05, 3.63) is 52.8 Å². The zero-order chi connectivity index (χ0) is 18.7. The summed E-state index contributed by atoms with van der Waals surface area (Å²) in [6, 6.07) is 8.03. The summed E-state index contributed by atoms with van der Waals surface area (Å²) in [6.45, 7) is 4.83. The van der Waals surface area contributed by atoms with E-state index in [1.807, 2.05) is 32.0 Å². The van der Waals surface area contributed by atoms with Gasteiger partial charge in [-0.05, 0) is 26.0 Å². The number of nitrogens with zero attached hydrogens (tertiary/aromatic N) is 4. The van der Waals surface area contributed by atoms with Crippen LogP contribution in [-0.4, -0.2) is 35.1 Å². The van der Waals surface area contributed by atoms with E-state index in [0.29, 0.717) is 31.0 Å². The van der Waals surface area contributed by atoms with Crippen LogP contribution in [0.4, 0.5) is 0 Å². The van der Waals surface area contributed by atoms with Crippen molar-refractivity contribution in [2.24, 2.45) is 10.7 Å². The van der Waals surface area contributed by atoms with E-state index < -0.39 is 5.66 Å². The quantitative estimate of drug-likeness (QED) is 0.721. The number of aromatic nitrogens is 1. The number of hydrogen-bond donors (Lipinski definition) is 3. The predicted octanol–water partition coefficient (Wildman–Crippen LogP) is 0.906. The molecule has 1 aromatic heterocycles. The SMILES string of the molecule is COCc1cccc(CCN=C2NC3=C(C)C(C)(N)NN3C=C2C#N)n1. The highest BCUT2D eigenvalue weighted by molar-refractivity contribution is 6.03. The monoisotopic (exact) mass is 353 g/mol. The zero-order valence-corrected chi connectivity index (χ0v) is 15.2. The van der Waals surface area contributed by atoms with Crippen LogP contribution in [0.2, 0.25) is 0 Å². The van der Waals surface area contributed by atoms with E-state index in [0.717, 1.165) is 22.8 Å². The molecule has 0 fully saturated rings. The highest BCUT2D eigenvalue weighted by Crippen LogP contribution is 2.27. The van der Waals surface area contributed by atoms with Gasteiger partial charge in [0.15, 0.2) is 0 Å². The Kier molecular flexibility index (Phi) is 5.04. The normalized spacial score (nSPS) is 23.6. The molecule has 136 valence electrons. The van der Waals surface area contributed by atoms with Gasteiger partial charge in [0, 0.05) is 37.5 Å². The molecule has 3 heterocycles. The largest absolute Gasteiger partial charge is 0.378 e. The average Bonchev–Trinajstić information content (AvgIpc) is 2.84. The molecule has 3 rings (SSSR count). The van der Waals surface area contributed by atoms with Crippen molar-refractivity contribution in [1.29, 1.82) is 5.26 Å². The Bertz CT molecular complexity index is 832. The van der Waals surface area contributed by atoms with Crippen LogP contribution in [0.3, 0.4) is 0 Å². The topological polar surface area (TPSA) is 112 Å². The Balaban J connectivity index is 1.74. The molecular formula is C18H23N7O. The van der Waals surface area contributed by atoms with Crippen molar-refractivity contribution >= 4 is 5.84 Å². The van der Waals surface area contributed by atoms with Crippen molar-refractivity contribution in [2.45, 2.75) is 32.5 Å². The van der Waals surface area contributed by atoms with Gasteiger partial charge in [-0.15, -0.1) is 0 Å². The molecule has 0 bridgehead atoms. The second-order valence-corrected chi connectivity index (χ2v) is 6.47. The van der Waals surface area contributed by atoms with Crippen LogP contribution in [-0.2, 0) is 17.8 Å². The maximum absolute atomic E-state index is 9.42. The number of nitrogens with one attached hydrogen (secondary N) is 2. The molecule has 26 heavy (non-hydrogen) atoms. The van der Waals surface area contributed by atoms with Gasteiger partial charge in [-0.1, -0.05) is 6.07 Å². The number of hydrogen-bond acceptors (Lipinski definition) is 7. The summed E-state index contributed by atoms with van der Waals surface area (Å²) in [6.07, 6.45) is 2.39. The third-order valence-electron chi connectivity index (χ3n) is 4.39. The fourth-order valence-electron chi connectivity index (χ4n) is 2.82. The fraction of sp³-hybridized carbons (Fsp3) is 0.389. The number of ether oxygens (including phenoxy) is 1. The Labute approximate surface area is 153 Å². The lowest BCUT2D eigenvalue weighted by atomic mass is 10.1. The van der Waals surface area contributed by atoms with E-state index in [9.17, 15) is 5.26 Å². The first-order valence-corrected chi connectivity index (χ1v) is 8.39. The molecule has 0 spiro atoms. The Morgan fingerprint density at radius 3 is 2.92 bits per heavy atom. The summed E-state index contributed by atoms with van der Waals surface area (Å²) in [7, 11) is 1.65. The highest BCUT2D eigenvalue weighted by Gasteiger charge is 2.37. The van der Waals surface area contributed by atoms with Gasteiger partial charge in [0.25, 0.3) is 0 Å². The lowest BCUT2D eigenvalue weighted by Gasteiger charge is -2.27. The number of nitriles is 1. The molecule has 0 aromatic carbocycles. The van der Waals surface area contributed by atoms with Crippen molar-refractivity contribution in [3.8, 4) is 6.07 Å². The maximum Gasteiger partial charge on any atom is 0.146 e. The summed E-state index contributed by atoms with van der Waals surface area (Å²) in [5.74, 6) is 1.36. The third-order valence-corrected chi connectivity index (χ3v) is 4.39. The lowest BCUT2D eigenvalue weighted by Crippen LogP contribution is -2.52. The number of rotatable bonds is 5. The molecule has 8 heteroatoms. The number of aliphatic imine (C=N–C) groups is 1. The van der Waals surface area contributed by atoms with Gasteiger partial charge in [0.1, 0.15) is 29.0 Å². The van der Waals surface area contributed by atoms with Crippen LogP contribution in [0, 0.1) is 11.3 Å². The van der Waals surface area contributed by atoms with Gasteiger partial charge in [0.2, 0.25) is 0 Å². The van der Waals surface area contributed by atoms with Crippen LogP contribution >= 0.6 is 0 Å². The van der Waals surface area contributed by atoms with Crippen molar-refractivity contribution in [2.75, 3.05) is 13.7 Å².